The summed E-state index contributed by atoms with van der Waals surface area (Å²) < 4.78 is 0. The Morgan fingerprint density at radius 3 is 2.38 bits per heavy atom. The third-order valence-electron chi connectivity index (χ3n) is 4.49. The number of anilines is 2. The average molecular weight is 394 g/mol. The maximum atomic E-state index is 12.2. The number of benzene rings is 1. The standard InChI is InChI=1S/C20H22N6O3/c21-18-17-19(26-20(22)25-18)23-11-14(24-17)10-7-12-5-8-13(9-6-12)15(27)3-1-2-4-16(28)29/h5-6,8-9,11H,1-4,7,10H2,(H,28,29)(H4,21,22,23,25,26). The van der Waals surface area contributed by atoms with Crippen molar-refractivity contribution < 1.29 is 14.7 Å². The van der Waals surface area contributed by atoms with Gasteiger partial charge >= 0.3 is 5.97 Å². The number of aliphatic carboxylic acids is 1. The SMILES string of the molecule is Nc1nc(N)c2nc(CCc3ccc(C(=O)CCCCC(=O)O)cc3)cnc2n1. The second-order valence-corrected chi connectivity index (χ2v) is 6.72. The lowest BCUT2D eigenvalue weighted by Crippen LogP contribution is -2.05. The molecule has 150 valence electrons. The second kappa shape index (κ2) is 9.05. The first kappa shape index (κ1) is 20.1. The summed E-state index contributed by atoms with van der Waals surface area (Å²) in [5.74, 6) is -0.545. The Labute approximate surface area is 167 Å². The lowest BCUT2D eigenvalue weighted by molar-refractivity contribution is -0.137. The fourth-order valence-corrected chi connectivity index (χ4v) is 2.94. The first-order valence-electron chi connectivity index (χ1n) is 9.31. The van der Waals surface area contributed by atoms with Crippen LogP contribution < -0.4 is 11.5 Å². The van der Waals surface area contributed by atoms with Gasteiger partial charge in [-0.1, -0.05) is 24.3 Å². The summed E-state index contributed by atoms with van der Waals surface area (Å²) in [5, 5.41) is 8.62. The molecule has 3 rings (SSSR count). The summed E-state index contributed by atoms with van der Waals surface area (Å²) in [6.07, 6.45) is 4.55. The van der Waals surface area contributed by atoms with Gasteiger partial charge < -0.3 is 16.6 Å². The summed E-state index contributed by atoms with van der Waals surface area (Å²) in [6, 6.07) is 7.43. The molecule has 2 aromatic heterocycles. The number of nitrogens with two attached hydrogens (primary N) is 2. The van der Waals surface area contributed by atoms with Gasteiger partial charge in [0.2, 0.25) is 5.95 Å². The Kier molecular flexibility index (Phi) is 6.28. The van der Waals surface area contributed by atoms with Crippen LogP contribution in [0.4, 0.5) is 11.8 Å². The average Bonchev–Trinajstić information content (AvgIpc) is 2.70. The topological polar surface area (TPSA) is 158 Å². The first-order chi connectivity index (χ1) is 13.9. The second-order valence-electron chi connectivity index (χ2n) is 6.72. The molecular formula is C20H22N6O3. The molecule has 0 fully saturated rings. The van der Waals surface area contributed by atoms with Crippen molar-refractivity contribution in [3.63, 3.8) is 0 Å². The minimum atomic E-state index is -0.836. The molecule has 0 spiro atoms. The Bertz CT molecular complexity index is 1040. The van der Waals surface area contributed by atoms with Gasteiger partial charge in [0.1, 0.15) is 0 Å². The summed E-state index contributed by atoms with van der Waals surface area (Å²) in [4.78, 5) is 39.3. The van der Waals surface area contributed by atoms with Crippen molar-refractivity contribution in [2.45, 2.75) is 38.5 Å². The van der Waals surface area contributed by atoms with Gasteiger partial charge in [0.15, 0.2) is 22.8 Å². The van der Waals surface area contributed by atoms with E-state index in [0.29, 0.717) is 42.4 Å². The highest BCUT2D eigenvalue weighted by atomic mass is 16.4. The van der Waals surface area contributed by atoms with E-state index in [1.807, 2.05) is 12.1 Å². The van der Waals surface area contributed by atoms with Crippen LogP contribution in [-0.2, 0) is 17.6 Å². The van der Waals surface area contributed by atoms with Crippen LogP contribution in [0.2, 0.25) is 0 Å². The molecule has 1 aromatic carbocycles. The monoisotopic (exact) mass is 394 g/mol. The molecule has 0 atom stereocenters. The van der Waals surface area contributed by atoms with Crippen molar-refractivity contribution in [2.24, 2.45) is 0 Å². The highest BCUT2D eigenvalue weighted by molar-refractivity contribution is 5.96. The van der Waals surface area contributed by atoms with E-state index < -0.39 is 5.97 Å². The quantitative estimate of drug-likeness (QED) is 0.365. The van der Waals surface area contributed by atoms with Crippen LogP contribution in [0.3, 0.4) is 0 Å². The van der Waals surface area contributed by atoms with Gasteiger partial charge in [-0.3, -0.25) is 9.59 Å². The van der Waals surface area contributed by atoms with E-state index in [9.17, 15) is 9.59 Å². The first-order valence-corrected chi connectivity index (χ1v) is 9.31. The van der Waals surface area contributed by atoms with Crippen molar-refractivity contribution in [2.75, 3.05) is 11.5 Å². The smallest absolute Gasteiger partial charge is 0.303 e. The number of carboxylic acid groups (broad SMARTS) is 1. The minimum absolute atomic E-state index is 0.0251. The normalized spacial score (nSPS) is 10.9. The van der Waals surface area contributed by atoms with Gasteiger partial charge in [-0.05, 0) is 31.2 Å². The zero-order valence-corrected chi connectivity index (χ0v) is 15.8. The number of ketones is 1. The van der Waals surface area contributed by atoms with Gasteiger partial charge in [0.25, 0.3) is 0 Å². The van der Waals surface area contributed by atoms with Crippen molar-refractivity contribution >= 4 is 34.7 Å². The Hall–Kier alpha value is -3.62. The zero-order chi connectivity index (χ0) is 20.8. The van der Waals surface area contributed by atoms with Crippen LogP contribution in [0, 0.1) is 0 Å². The zero-order valence-electron chi connectivity index (χ0n) is 15.8. The fourth-order valence-electron chi connectivity index (χ4n) is 2.94. The summed E-state index contributed by atoms with van der Waals surface area (Å²) in [5.41, 5.74) is 14.7. The Balaban J connectivity index is 1.57. The van der Waals surface area contributed by atoms with Crippen LogP contribution in [0.25, 0.3) is 11.2 Å². The largest absolute Gasteiger partial charge is 0.481 e. The minimum Gasteiger partial charge on any atom is -0.481 e. The highest BCUT2D eigenvalue weighted by Gasteiger charge is 2.09. The van der Waals surface area contributed by atoms with Gasteiger partial charge in [0.05, 0.1) is 11.9 Å². The van der Waals surface area contributed by atoms with Crippen LogP contribution in [0.1, 0.15) is 47.3 Å². The fraction of sp³-hybridized carbons (Fsp3) is 0.300. The van der Waals surface area contributed by atoms with Gasteiger partial charge in [-0.15, -0.1) is 0 Å². The molecule has 0 bridgehead atoms. The van der Waals surface area contributed by atoms with E-state index in [-0.39, 0.29) is 24.0 Å². The number of Topliss-reactive ketones (excluding diaryl/α,β-unsaturated/α-hetero) is 1. The number of hydrogen-bond donors (Lipinski definition) is 3. The van der Waals surface area contributed by atoms with Crippen molar-refractivity contribution in [3.05, 3.63) is 47.3 Å². The van der Waals surface area contributed by atoms with Crippen LogP contribution in [0.15, 0.2) is 30.5 Å². The molecule has 0 amide bonds. The molecule has 3 aromatic rings. The number of rotatable bonds is 9. The third kappa shape index (κ3) is 5.44. The van der Waals surface area contributed by atoms with E-state index in [4.69, 9.17) is 16.6 Å². The Morgan fingerprint density at radius 2 is 1.66 bits per heavy atom. The molecule has 0 saturated carbocycles. The van der Waals surface area contributed by atoms with Crippen LogP contribution in [0.5, 0.6) is 0 Å². The summed E-state index contributed by atoms with van der Waals surface area (Å²) in [6.45, 7) is 0. The van der Waals surface area contributed by atoms with Crippen molar-refractivity contribution in [1.82, 2.24) is 19.9 Å². The number of nitrogen functional groups attached to an aromatic ring is 2. The number of carbonyl (C=O) groups is 2. The molecule has 9 nitrogen and oxygen atoms in total. The molecule has 0 aliphatic carbocycles. The molecule has 0 saturated heterocycles. The van der Waals surface area contributed by atoms with E-state index in [1.54, 1.807) is 18.3 Å². The van der Waals surface area contributed by atoms with Crippen molar-refractivity contribution in [3.8, 4) is 0 Å². The summed E-state index contributed by atoms with van der Waals surface area (Å²) in [7, 11) is 0. The number of carbonyl (C=O) groups excluding carboxylic acids is 1. The van der Waals surface area contributed by atoms with Crippen LogP contribution in [-0.4, -0.2) is 36.8 Å². The molecule has 29 heavy (non-hydrogen) atoms. The van der Waals surface area contributed by atoms with E-state index in [1.165, 1.54) is 0 Å². The number of fused-ring (bicyclic) bond motifs is 1. The molecule has 0 aliphatic rings. The molecule has 9 heteroatoms. The molecule has 0 unspecified atom stereocenters. The van der Waals surface area contributed by atoms with Crippen molar-refractivity contribution in [1.29, 1.82) is 0 Å². The number of hydrogen-bond acceptors (Lipinski definition) is 8. The maximum Gasteiger partial charge on any atom is 0.303 e. The predicted octanol–water partition coefficient (Wildman–Crippen LogP) is 2.20. The highest BCUT2D eigenvalue weighted by Crippen LogP contribution is 2.16. The van der Waals surface area contributed by atoms with E-state index >= 15 is 0 Å². The number of unbranched alkanes of at least 4 members (excludes halogenated alkanes) is 1. The predicted molar refractivity (Wildman–Crippen MR) is 108 cm³/mol. The number of nitrogens with zero attached hydrogens (tertiary/aromatic N) is 4. The number of aromatic nitrogens is 4. The molecule has 0 aliphatic heterocycles. The lowest BCUT2D eigenvalue weighted by atomic mass is 10.0. The Morgan fingerprint density at radius 1 is 0.931 bits per heavy atom. The van der Waals surface area contributed by atoms with Gasteiger partial charge in [-0.2, -0.15) is 9.97 Å². The number of carboxylic acids is 1. The summed E-state index contributed by atoms with van der Waals surface area (Å²) >= 11 is 0. The molecular weight excluding hydrogens is 372 g/mol. The molecule has 2 heterocycles. The maximum absolute atomic E-state index is 12.2. The lowest BCUT2D eigenvalue weighted by Gasteiger charge is -2.06. The van der Waals surface area contributed by atoms with Gasteiger partial charge in [0, 0.05) is 18.4 Å². The van der Waals surface area contributed by atoms with E-state index in [2.05, 4.69) is 19.9 Å². The number of aryl methyl sites for hydroxylation is 2. The third-order valence-corrected chi connectivity index (χ3v) is 4.49. The molecule has 5 N–H and O–H groups in total. The van der Waals surface area contributed by atoms with E-state index in [0.717, 1.165) is 17.7 Å². The van der Waals surface area contributed by atoms with Gasteiger partial charge in [-0.25, -0.2) is 9.97 Å². The van der Waals surface area contributed by atoms with Crippen LogP contribution >= 0.6 is 0 Å². The molecule has 0 radical (unpaired) electrons.